The number of nitrogens with zero attached hydrogens (tertiary/aromatic N) is 1. The van der Waals surface area contributed by atoms with Crippen LogP contribution in [0.5, 0.6) is 0 Å². The highest BCUT2D eigenvalue weighted by Gasteiger charge is 2.33. The Kier molecular flexibility index (Phi) is 4.74. The zero-order valence-corrected chi connectivity index (χ0v) is 10.3. The molecule has 3 nitrogen and oxygen atoms in total. The molecule has 0 saturated carbocycles. The summed E-state index contributed by atoms with van der Waals surface area (Å²) < 4.78 is 5.23. The fraction of sp³-hybridized carbons (Fsp3) is 0.917. The Morgan fingerprint density at radius 3 is 2.73 bits per heavy atom. The normalized spacial score (nSPS) is 30.5. The van der Waals surface area contributed by atoms with Crippen LogP contribution in [0.1, 0.15) is 33.6 Å². The number of methoxy groups -OCH3 is 1. The molecule has 0 aromatic heterocycles. The second kappa shape index (κ2) is 5.61. The maximum absolute atomic E-state index is 11.6. The van der Waals surface area contributed by atoms with Gasteiger partial charge in [-0.3, -0.25) is 9.69 Å². The zero-order valence-electron chi connectivity index (χ0n) is 10.3. The Labute approximate surface area is 92.8 Å². The highest BCUT2D eigenvalue weighted by molar-refractivity contribution is 5.82. The SMILES string of the molecule is CCC(COC)N1CCC(=O)C(C)C1C. The Hall–Kier alpha value is -0.410. The molecule has 0 N–H and O–H groups in total. The van der Waals surface area contributed by atoms with Crippen molar-refractivity contribution in [1.82, 2.24) is 4.90 Å². The monoisotopic (exact) mass is 213 g/mol. The van der Waals surface area contributed by atoms with Crippen LogP contribution >= 0.6 is 0 Å². The summed E-state index contributed by atoms with van der Waals surface area (Å²) in [7, 11) is 1.74. The average Bonchev–Trinajstić information content (AvgIpc) is 2.24. The van der Waals surface area contributed by atoms with Crippen LogP contribution in [0.2, 0.25) is 0 Å². The minimum Gasteiger partial charge on any atom is -0.383 e. The number of ether oxygens (including phenoxy) is 1. The number of ketones is 1. The molecule has 0 amide bonds. The molecule has 1 heterocycles. The summed E-state index contributed by atoms with van der Waals surface area (Å²) in [5.74, 6) is 0.579. The van der Waals surface area contributed by atoms with Crippen LogP contribution in [-0.2, 0) is 9.53 Å². The molecular formula is C12H23NO2. The molecule has 0 aliphatic carbocycles. The Morgan fingerprint density at radius 1 is 1.53 bits per heavy atom. The number of likely N-dealkylation sites (tertiary alicyclic amines) is 1. The Balaban J connectivity index is 2.64. The van der Waals surface area contributed by atoms with E-state index in [9.17, 15) is 4.79 Å². The maximum atomic E-state index is 11.6. The van der Waals surface area contributed by atoms with E-state index in [0.29, 0.717) is 24.3 Å². The fourth-order valence-electron chi connectivity index (χ4n) is 2.38. The van der Waals surface area contributed by atoms with Gasteiger partial charge in [0.1, 0.15) is 5.78 Å². The first-order chi connectivity index (χ1) is 7.11. The van der Waals surface area contributed by atoms with Gasteiger partial charge in [-0.05, 0) is 13.3 Å². The van der Waals surface area contributed by atoms with E-state index in [0.717, 1.165) is 19.6 Å². The van der Waals surface area contributed by atoms with E-state index in [2.05, 4.69) is 18.7 Å². The first kappa shape index (κ1) is 12.7. The maximum Gasteiger partial charge on any atom is 0.138 e. The highest BCUT2D eigenvalue weighted by Crippen LogP contribution is 2.23. The third kappa shape index (κ3) is 2.79. The molecule has 1 saturated heterocycles. The zero-order chi connectivity index (χ0) is 11.4. The molecule has 0 radical (unpaired) electrons. The third-order valence-electron chi connectivity index (χ3n) is 3.67. The number of piperidine rings is 1. The van der Waals surface area contributed by atoms with Crippen LogP contribution in [0.4, 0.5) is 0 Å². The molecule has 1 rings (SSSR count). The minimum absolute atomic E-state index is 0.171. The predicted octanol–water partition coefficient (Wildman–Crippen LogP) is 1.71. The summed E-state index contributed by atoms with van der Waals surface area (Å²) >= 11 is 0. The lowest BCUT2D eigenvalue weighted by Crippen LogP contribution is -2.52. The van der Waals surface area contributed by atoms with Crippen LogP contribution in [0.15, 0.2) is 0 Å². The van der Waals surface area contributed by atoms with Crippen molar-refractivity contribution >= 4 is 5.78 Å². The van der Waals surface area contributed by atoms with Crippen molar-refractivity contribution in [2.24, 2.45) is 5.92 Å². The van der Waals surface area contributed by atoms with E-state index >= 15 is 0 Å². The van der Waals surface area contributed by atoms with Gasteiger partial charge in [0.25, 0.3) is 0 Å². The molecule has 0 aromatic rings. The molecule has 3 atom stereocenters. The molecule has 3 unspecified atom stereocenters. The van der Waals surface area contributed by atoms with Crippen molar-refractivity contribution in [1.29, 1.82) is 0 Å². The van der Waals surface area contributed by atoms with Gasteiger partial charge in [-0.25, -0.2) is 0 Å². The number of carbonyl (C=O) groups excluding carboxylic acids is 1. The number of hydrogen-bond acceptors (Lipinski definition) is 3. The number of Topliss-reactive ketones (excluding diaryl/α,β-unsaturated/α-hetero) is 1. The van der Waals surface area contributed by atoms with Crippen molar-refractivity contribution in [3.8, 4) is 0 Å². The summed E-state index contributed by atoms with van der Waals surface area (Å²) in [6, 6.07) is 0.812. The van der Waals surface area contributed by atoms with Crippen LogP contribution < -0.4 is 0 Å². The van der Waals surface area contributed by atoms with Crippen molar-refractivity contribution < 1.29 is 9.53 Å². The second-order valence-corrected chi connectivity index (χ2v) is 4.50. The molecule has 15 heavy (non-hydrogen) atoms. The fourth-order valence-corrected chi connectivity index (χ4v) is 2.38. The van der Waals surface area contributed by atoms with Crippen molar-refractivity contribution in [3.63, 3.8) is 0 Å². The lowest BCUT2D eigenvalue weighted by molar-refractivity contribution is -0.129. The Morgan fingerprint density at radius 2 is 2.20 bits per heavy atom. The van der Waals surface area contributed by atoms with Gasteiger partial charge in [0.15, 0.2) is 0 Å². The molecule has 0 aromatic carbocycles. The van der Waals surface area contributed by atoms with Crippen molar-refractivity contribution in [2.75, 3.05) is 20.3 Å². The Bertz CT molecular complexity index is 218. The first-order valence-electron chi connectivity index (χ1n) is 5.89. The van der Waals surface area contributed by atoms with Crippen LogP contribution in [0, 0.1) is 5.92 Å². The van der Waals surface area contributed by atoms with Gasteiger partial charge in [0, 0.05) is 38.1 Å². The van der Waals surface area contributed by atoms with Gasteiger partial charge in [0.2, 0.25) is 0 Å². The minimum atomic E-state index is 0.171. The topological polar surface area (TPSA) is 29.5 Å². The molecule has 1 aliphatic rings. The van der Waals surface area contributed by atoms with E-state index in [-0.39, 0.29) is 5.92 Å². The molecule has 88 valence electrons. The average molecular weight is 213 g/mol. The standard InChI is InChI=1S/C12H23NO2/c1-5-11(8-15-4)13-7-6-12(14)9(2)10(13)3/h9-11H,5-8H2,1-4H3. The lowest BCUT2D eigenvalue weighted by atomic mass is 9.89. The van der Waals surface area contributed by atoms with Crippen LogP contribution in [0.3, 0.4) is 0 Å². The van der Waals surface area contributed by atoms with Crippen molar-refractivity contribution in [2.45, 2.75) is 45.7 Å². The van der Waals surface area contributed by atoms with Crippen molar-refractivity contribution in [3.05, 3.63) is 0 Å². The molecule has 0 bridgehead atoms. The van der Waals surface area contributed by atoms with E-state index in [1.807, 2.05) is 6.92 Å². The van der Waals surface area contributed by atoms with Crippen LogP contribution in [-0.4, -0.2) is 43.0 Å². The van der Waals surface area contributed by atoms with E-state index in [4.69, 9.17) is 4.74 Å². The van der Waals surface area contributed by atoms with Gasteiger partial charge in [0.05, 0.1) is 6.61 Å². The largest absolute Gasteiger partial charge is 0.383 e. The number of hydrogen-bond donors (Lipinski definition) is 0. The molecular weight excluding hydrogens is 190 g/mol. The predicted molar refractivity (Wildman–Crippen MR) is 60.9 cm³/mol. The molecule has 3 heteroatoms. The molecule has 1 aliphatic heterocycles. The lowest BCUT2D eigenvalue weighted by Gasteiger charge is -2.41. The molecule has 1 fully saturated rings. The van der Waals surface area contributed by atoms with Crippen LogP contribution in [0.25, 0.3) is 0 Å². The quantitative estimate of drug-likeness (QED) is 0.712. The van der Waals surface area contributed by atoms with Gasteiger partial charge < -0.3 is 4.74 Å². The summed E-state index contributed by atoms with van der Waals surface area (Å²) in [6.07, 6.45) is 1.78. The third-order valence-corrected chi connectivity index (χ3v) is 3.67. The second-order valence-electron chi connectivity index (χ2n) is 4.50. The van der Waals surface area contributed by atoms with E-state index < -0.39 is 0 Å². The van der Waals surface area contributed by atoms with Gasteiger partial charge >= 0.3 is 0 Å². The molecule has 0 spiro atoms. The van der Waals surface area contributed by atoms with Gasteiger partial charge in [-0.1, -0.05) is 13.8 Å². The summed E-state index contributed by atoms with van der Waals surface area (Å²) in [5, 5.41) is 0. The number of rotatable bonds is 4. The smallest absolute Gasteiger partial charge is 0.138 e. The summed E-state index contributed by atoms with van der Waals surface area (Å²) in [4.78, 5) is 14.0. The summed E-state index contributed by atoms with van der Waals surface area (Å²) in [5.41, 5.74) is 0. The van der Waals surface area contributed by atoms with Gasteiger partial charge in [-0.15, -0.1) is 0 Å². The van der Waals surface area contributed by atoms with Gasteiger partial charge in [-0.2, -0.15) is 0 Å². The van der Waals surface area contributed by atoms with E-state index in [1.54, 1.807) is 7.11 Å². The number of carbonyl (C=O) groups is 1. The first-order valence-corrected chi connectivity index (χ1v) is 5.89. The van der Waals surface area contributed by atoms with E-state index in [1.165, 1.54) is 0 Å². The highest BCUT2D eigenvalue weighted by atomic mass is 16.5. The summed E-state index contributed by atoms with van der Waals surface area (Å²) in [6.45, 7) is 8.03.